The molecule has 0 aromatic heterocycles. The summed E-state index contributed by atoms with van der Waals surface area (Å²) < 4.78 is 129. The molecule has 380 valence electrons. The lowest BCUT2D eigenvalue weighted by Gasteiger charge is -2.39. The summed E-state index contributed by atoms with van der Waals surface area (Å²) in [5, 5.41) is 18.4. The van der Waals surface area contributed by atoms with Gasteiger partial charge < -0.3 is 24.4 Å². The van der Waals surface area contributed by atoms with Crippen molar-refractivity contribution in [2.75, 3.05) is 32.8 Å². The zero-order valence-electron chi connectivity index (χ0n) is 39.3. The third kappa shape index (κ3) is 9.72. The Kier molecular flexibility index (Phi) is 13.7. The monoisotopic (exact) mass is 1040 g/mol. The maximum atomic E-state index is 16.0. The quantitative estimate of drug-likeness (QED) is 0.0967. The number of anilines is 4. The molecule has 7 rings (SSSR count). The fraction of sp³-hybridized carbons (Fsp3) is 0.367. The number of nitrogens with zero attached hydrogens (tertiary/aromatic N) is 6. The van der Waals surface area contributed by atoms with Gasteiger partial charge in [-0.1, -0.05) is 0 Å². The van der Waals surface area contributed by atoms with E-state index in [0.717, 1.165) is 57.2 Å². The highest BCUT2D eigenvalue weighted by Crippen LogP contribution is 2.44. The average Bonchev–Trinajstić information content (AvgIpc) is 3.58. The number of carbonyl (C=O) groups excluding carboxylic acids is 4. The first-order valence-electron chi connectivity index (χ1n) is 21.9. The molecule has 3 saturated heterocycles. The first-order valence-corrected chi connectivity index (χ1v) is 22.8. The van der Waals surface area contributed by atoms with Gasteiger partial charge >= 0.3 is 18.4 Å². The molecule has 0 aliphatic carbocycles. The van der Waals surface area contributed by atoms with Gasteiger partial charge in [0.25, 0.3) is 11.8 Å². The second kappa shape index (κ2) is 18.6. The zero-order chi connectivity index (χ0) is 53.4. The van der Waals surface area contributed by atoms with Crippen LogP contribution in [0, 0.1) is 28.9 Å². The number of benzene rings is 4. The summed E-state index contributed by atoms with van der Waals surface area (Å²) >= 11 is 11.1. The molecule has 0 spiro atoms. The van der Waals surface area contributed by atoms with Crippen LogP contribution in [0.5, 0.6) is 11.5 Å². The lowest BCUT2D eigenvalue weighted by atomic mass is 9.86. The number of thiocarbonyl (C=S) groups is 2. The smallest absolute Gasteiger partial charge is 0.417 e. The van der Waals surface area contributed by atoms with Crippen molar-refractivity contribution in [1.82, 2.24) is 4.90 Å². The summed E-state index contributed by atoms with van der Waals surface area (Å²) in [6, 6.07) is 11.8. The van der Waals surface area contributed by atoms with Crippen LogP contribution in [-0.2, 0) is 26.7 Å². The SMILES string of the molecule is CC(C)(C)OC(=O)N1CCC(COc2ccc(N3C(=S)N(c4ccc(C#N)c(C(F)(F)F)c4)C(=O)C3(C)C)cc2F)CC1C(=O)c1ccc(N2C(=O)C(C)(C)N(c3ccc(O)c(F)c3)C2=S)cc1C(F)(F)F. The van der Waals surface area contributed by atoms with Crippen molar-refractivity contribution in [2.45, 2.75) is 96.4 Å². The summed E-state index contributed by atoms with van der Waals surface area (Å²) in [5.74, 6) is -6.38. The van der Waals surface area contributed by atoms with Crippen LogP contribution in [-0.4, -0.2) is 79.8 Å². The van der Waals surface area contributed by atoms with Crippen LogP contribution in [0.15, 0.2) is 72.8 Å². The molecule has 0 radical (unpaired) electrons. The molecule has 72 heavy (non-hydrogen) atoms. The highest BCUT2D eigenvalue weighted by molar-refractivity contribution is 7.81. The Hall–Kier alpha value is -6.93. The second-order valence-electron chi connectivity index (χ2n) is 19.2. The van der Waals surface area contributed by atoms with Crippen LogP contribution >= 0.6 is 24.4 Å². The molecular weight excluding hydrogens is 1000 g/mol. The molecule has 3 aliphatic rings. The number of alkyl halides is 6. The minimum absolute atomic E-state index is 0.0166. The number of hydrogen-bond acceptors (Lipinski definition) is 10. The number of rotatable bonds is 9. The van der Waals surface area contributed by atoms with Crippen molar-refractivity contribution >= 4 is 81.1 Å². The predicted molar refractivity (Wildman–Crippen MR) is 255 cm³/mol. The number of piperidine rings is 1. The minimum Gasteiger partial charge on any atom is -0.505 e. The number of nitriles is 1. The number of amides is 3. The van der Waals surface area contributed by atoms with E-state index in [-0.39, 0.29) is 64.7 Å². The summed E-state index contributed by atoms with van der Waals surface area (Å²) in [5.41, 5.74) is -9.10. The number of likely N-dealkylation sites (tertiary alicyclic amines) is 1. The highest BCUT2D eigenvalue weighted by Gasteiger charge is 2.53. The van der Waals surface area contributed by atoms with Crippen LogP contribution in [0.25, 0.3) is 0 Å². The lowest BCUT2D eigenvalue weighted by molar-refractivity contribution is -0.138. The van der Waals surface area contributed by atoms with Gasteiger partial charge in [0.15, 0.2) is 39.1 Å². The summed E-state index contributed by atoms with van der Waals surface area (Å²) in [6.07, 6.45) is -11.3. The van der Waals surface area contributed by atoms with E-state index in [1.54, 1.807) is 20.8 Å². The molecule has 0 bridgehead atoms. The van der Waals surface area contributed by atoms with Crippen molar-refractivity contribution in [3.05, 3.63) is 107 Å². The normalized spacial score (nSPS) is 19.3. The van der Waals surface area contributed by atoms with Gasteiger partial charge in [-0.3, -0.25) is 29.1 Å². The van der Waals surface area contributed by atoms with E-state index in [0.29, 0.717) is 12.1 Å². The Morgan fingerprint density at radius 2 is 1.25 bits per heavy atom. The summed E-state index contributed by atoms with van der Waals surface area (Å²) in [6.45, 7) is 9.84. The molecule has 3 heterocycles. The average molecular weight is 1050 g/mol. The molecule has 3 aliphatic heterocycles. The van der Waals surface area contributed by atoms with E-state index in [4.69, 9.17) is 33.9 Å². The molecule has 0 saturated carbocycles. The molecule has 3 amide bonds. The standard InChI is InChI=1S/C49H44F8N6O7S2/c1-45(2,3)70-44(68)59-17-16-25(24-69-38-15-12-30(22-35(38)51)63-42(71)60(40(66)47(63,6)7)27-9-8-26(23-58)32(19-27)48(52,53)54)18-36(59)39(65)31-13-10-28(20-33(31)49(55,56)57)61-41(67)46(4,5)62(43(61)72)29-11-14-37(64)34(50)21-29/h8-15,19-22,25,36,64H,16-18,24H2,1-7H3. The number of ether oxygens (including phenoxy) is 2. The van der Waals surface area contributed by atoms with Crippen molar-refractivity contribution < 1.29 is 68.9 Å². The molecule has 4 aromatic rings. The fourth-order valence-corrected chi connectivity index (χ4v) is 9.83. The van der Waals surface area contributed by atoms with Crippen LogP contribution in [0.1, 0.15) is 88.4 Å². The van der Waals surface area contributed by atoms with E-state index in [2.05, 4.69) is 0 Å². The maximum absolute atomic E-state index is 16.0. The van der Waals surface area contributed by atoms with Crippen molar-refractivity contribution in [1.29, 1.82) is 5.26 Å². The first-order chi connectivity index (χ1) is 33.3. The third-order valence-electron chi connectivity index (χ3n) is 12.3. The second-order valence-corrected chi connectivity index (χ2v) is 19.9. The van der Waals surface area contributed by atoms with Gasteiger partial charge in [-0.25, -0.2) is 13.6 Å². The zero-order valence-corrected chi connectivity index (χ0v) is 41.0. The molecule has 3 fully saturated rings. The predicted octanol–water partition coefficient (Wildman–Crippen LogP) is 10.7. The Morgan fingerprint density at radius 3 is 1.75 bits per heavy atom. The van der Waals surface area contributed by atoms with Crippen LogP contribution < -0.4 is 24.3 Å². The molecular formula is C49H44F8N6O7S2. The number of phenols is 1. The van der Waals surface area contributed by atoms with Crippen molar-refractivity contribution in [3.63, 3.8) is 0 Å². The Morgan fingerprint density at radius 1 is 0.750 bits per heavy atom. The number of aromatic hydroxyl groups is 1. The molecule has 1 N–H and O–H groups in total. The van der Waals surface area contributed by atoms with Gasteiger partial charge in [-0.2, -0.15) is 31.6 Å². The number of hydrogen-bond donors (Lipinski definition) is 1. The van der Waals surface area contributed by atoms with E-state index < -0.39 is 104 Å². The number of phenolic OH excluding ortho intramolecular Hbond substituents is 1. The summed E-state index contributed by atoms with van der Waals surface area (Å²) in [4.78, 5) is 60.8. The molecule has 4 aromatic carbocycles. The Labute approximate surface area is 418 Å². The first kappa shape index (κ1) is 52.9. The van der Waals surface area contributed by atoms with Gasteiger partial charge in [0.1, 0.15) is 16.7 Å². The minimum atomic E-state index is -5.21. The maximum Gasteiger partial charge on any atom is 0.417 e. The van der Waals surface area contributed by atoms with Crippen molar-refractivity contribution in [3.8, 4) is 17.6 Å². The number of Topliss-reactive ketones (excluding diaryl/α,β-unsaturated/α-hetero) is 1. The van der Waals surface area contributed by atoms with E-state index in [1.165, 1.54) is 61.8 Å². The molecule has 2 atom stereocenters. The number of halogens is 8. The van der Waals surface area contributed by atoms with E-state index >= 15 is 17.6 Å². The lowest BCUT2D eigenvalue weighted by Crippen LogP contribution is -2.52. The van der Waals surface area contributed by atoms with Crippen LogP contribution in [0.2, 0.25) is 0 Å². The molecule has 23 heteroatoms. The highest BCUT2D eigenvalue weighted by atomic mass is 32.1. The Balaban J connectivity index is 1.14. The number of ketones is 1. The molecule has 2 unspecified atom stereocenters. The topological polar surface area (TPSA) is 147 Å². The van der Waals surface area contributed by atoms with Gasteiger partial charge in [0.05, 0.1) is 46.8 Å². The molecule has 13 nitrogen and oxygen atoms in total. The van der Waals surface area contributed by atoms with Crippen LogP contribution in [0.3, 0.4) is 0 Å². The fourth-order valence-electron chi connectivity index (χ4n) is 8.78. The van der Waals surface area contributed by atoms with E-state index in [9.17, 15) is 47.1 Å². The van der Waals surface area contributed by atoms with Crippen molar-refractivity contribution in [2.24, 2.45) is 5.92 Å². The van der Waals surface area contributed by atoms with Gasteiger partial charge in [0.2, 0.25) is 0 Å². The summed E-state index contributed by atoms with van der Waals surface area (Å²) in [7, 11) is 0. The van der Waals surface area contributed by atoms with Gasteiger partial charge in [-0.05, 0) is 152 Å². The largest absolute Gasteiger partial charge is 0.505 e. The Bertz CT molecular complexity index is 2990. The van der Waals surface area contributed by atoms with Crippen LogP contribution in [0.4, 0.5) is 62.7 Å². The number of carbonyl (C=O) groups is 4. The van der Waals surface area contributed by atoms with Gasteiger partial charge in [-0.15, -0.1) is 0 Å². The third-order valence-corrected chi connectivity index (χ3v) is 13.1. The van der Waals surface area contributed by atoms with E-state index in [1.807, 2.05) is 0 Å². The van der Waals surface area contributed by atoms with Gasteiger partial charge in [0, 0.05) is 35.6 Å².